The molecule has 112 valence electrons. The third kappa shape index (κ3) is 3.33. The molecule has 19 heavy (non-hydrogen) atoms. The van der Waals surface area contributed by atoms with E-state index in [1.54, 1.807) is 0 Å². The molecule has 2 nitrogen and oxygen atoms in total. The maximum atomic E-state index is 3.80. The van der Waals surface area contributed by atoms with E-state index in [-0.39, 0.29) is 0 Å². The van der Waals surface area contributed by atoms with Gasteiger partial charge in [-0.15, -0.1) is 0 Å². The summed E-state index contributed by atoms with van der Waals surface area (Å²) in [5.74, 6) is 0.805. The fraction of sp³-hybridized carbons (Fsp3) is 1.00. The van der Waals surface area contributed by atoms with E-state index in [0.29, 0.717) is 11.5 Å². The molecule has 0 bridgehead atoms. The van der Waals surface area contributed by atoms with Crippen molar-refractivity contribution in [2.24, 2.45) is 11.3 Å². The zero-order valence-corrected chi connectivity index (χ0v) is 13.5. The van der Waals surface area contributed by atoms with Crippen LogP contribution in [0.1, 0.15) is 66.2 Å². The molecule has 1 heterocycles. The molecule has 2 fully saturated rings. The zero-order valence-electron chi connectivity index (χ0n) is 13.5. The summed E-state index contributed by atoms with van der Waals surface area (Å²) in [6.07, 6.45) is 8.36. The van der Waals surface area contributed by atoms with Crippen LogP contribution in [0.3, 0.4) is 0 Å². The van der Waals surface area contributed by atoms with E-state index in [1.165, 1.54) is 58.2 Å². The Bertz CT molecular complexity index is 267. The van der Waals surface area contributed by atoms with Crippen LogP contribution in [0.25, 0.3) is 0 Å². The SMILES string of the molecule is CCC(C)C1CN(CC2(CC)CCC2)C(CC)CN1. The quantitative estimate of drug-likeness (QED) is 0.789. The van der Waals surface area contributed by atoms with Gasteiger partial charge in [0.1, 0.15) is 0 Å². The Kier molecular flexibility index (Phi) is 5.30. The second kappa shape index (κ2) is 6.58. The van der Waals surface area contributed by atoms with E-state index in [9.17, 15) is 0 Å². The summed E-state index contributed by atoms with van der Waals surface area (Å²) in [6, 6.07) is 1.48. The molecule has 1 aliphatic carbocycles. The summed E-state index contributed by atoms with van der Waals surface area (Å²) in [5, 5.41) is 3.80. The topological polar surface area (TPSA) is 15.3 Å². The van der Waals surface area contributed by atoms with Gasteiger partial charge in [0.2, 0.25) is 0 Å². The Morgan fingerprint density at radius 2 is 2.00 bits per heavy atom. The number of piperazine rings is 1. The van der Waals surface area contributed by atoms with Crippen LogP contribution in [0, 0.1) is 11.3 Å². The van der Waals surface area contributed by atoms with Gasteiger partial charge in [-0.05, 0) is 37.0 Å². The molecule has 3 atom stereocenters. The second-order valence-corrected chi connectivity index (χ2v) is 7.10. The molecule has 0 spiro atoms. The molecule has 3 unspecified atom stereocenters. The van der Waals surface area contributed by atoms with Crippen LogP contribution >= 0.6 is 0 Å². The maximum Gasteiger partial charge on any atom is 0.0221 e. The largest absolute Gasteiger partial charge is 0.311 e. The third-order valence-electron chi connectivity index (χ3n) is 6.07. The number of hydrogen-bond donors (Lipinski definition) is 1. The average Bonchev–Trinajstić information content (AvgIpc) is 2.41. The standard InChI is InChI=1S/C17H34N2/c1-5-14(4)16-12-19(15(6-2)11-18-16)13-17(7-3)9-8-10-17/h14-16,18H,5-13H2,1-4H3. The molecule has 1 saturated heterocycles. The van der Waals surface area contributed by atoms with Crippen LogP contribution in [0.5, 0.6) is 0 Å². The summed E-state index contributed by atoms with van der Waals surface area (Å²) < 4.78 is 0. The van der Waals surface area contributed by atoms with Crippen LogP contribution in [-0.4, -0.2) is 36.6 Å². The average molecular weight is 266 g/mol. The van der Waals surface area contributed by atoms with Gasteiger partial charge in [-0.1, -0.05) is 40.5 Å². The van der Waals surface area contributed by atoms with Crippen molar-refractivity contribution in [2.75, 3.05) is 19.6 Å². The molecule has 0 aromatic carbocycles. The minimum Gasteiger partial charge on any atom is -0.311 e. The lowest BCUT2D eigenvalue weighted by molar-refractivity contribution is 0.0136. The van der Waals surface area contributed by atoms with Gasteiger partial charge in [0.25, 0.3) is 0 Å². The summed E-state index contributed by atoms with van der Waals surface area (Å²) >= 11 is 0. The summed E-state index contributed by atoms with van der Waals surface area (Å²) in [5.41, 5.74) is 0.671. The lowest BCUT2D eigenvalue weighted by atomic mass is 9.66. The lowest BCUT2D eigenvalue weighted by Crippen LogP contribution is -2.60. The van der Waals surface area contributed by atoms with E-state index in [0.717, 1.165) is 12.0 Å². The molecule has 2 rings (SSSR count). The van der Waals surface area contributed by atoms with E-state index in [4.69, 9.17) is 0 Å². The molecular formula is C17H34N2. The predicted molar refractivity (Wildman–Crippen MR) is 83.5 cm³/mol. The van der Waals surface area contributed by atoms with Crippen LogP contribution < -0.4 is 5.32 Å². The van der Waals surface area contributed by atoms with Crippen molar-refractivity contribution in [2.45, 2.75) is 78.3 Å². The highest BCUT2D eigenvalue weighted by molar-refractivity contribution is 4.95. The maximum absolute atomic E-state index is 3.80. The van der Waals surface area contributed by atoms with Crippen LogP contribution in [0.4, 0.5) is 0 Å². The van der Waals surface area contributed by atoms with Gasteiger partial charge in [0, 0.05) is 31.7 Å². The predicted octanol–water partition coefficient (Wildman–Crippen LogP) is 3.67. The van der Waals surface area contributed by atoms with Gasteiger partial charge in [-0.2, -0.15) is 0 Å². The zero-order chi connectivity index (χ0) is 13.9. The van der Waals surface area contributed by atoms with Crippen molar-refractivity contribution in [3.8, 4) is 0 Å². The smallest absolute Gasteiger partial charge is 0.0221 e. The first-order chi connectivity index (χ1) is 9.14. The number of rotatable bonds is 6. The molecule has 0 aromatic rings. The molecular weight excluding hydrogens is 232 g/mol. The Morgan fingerprint density at radius 1 is 1.26 bits per heavy atom. The summed E-state index contributed by atoms with van der Waals surface area (Å²) in [4.78, 5) is 2.83. The molecule has 1 aliphatic heterocycles. The van der Waals surface area contributed by atoms with E-state index in [1.807, 2.05) is 0 Å². The third-order valence-corrected chi connectivity index (χ3v) is 6.07. The van der Waals surface area contributed by atoms with E-state index >= 15 is 0 Å². The van der Waals surface area contributed by atoms with Gasteiger partial charge >= 0.3 is 0 Å². The van der Waals surface area contributed by atoms with Crippen molar-refractivity contribution in [1.29, 1.82) is 0 Å². The Labute approximate surface area is 120 Å². The number of nitrogens with one attached hydrogen (secondary N) is 1. The fourth-order valence-electron chi connectivity index (χ4n) is 3.88. The number of nitrogens with zero attached hydrogens (tertiary/aromatic N) is 1. The first-order valence-electron chi connectivity index (χ1n) is 8.61. The van der Waals surface area contributed by atoms with Gasteiger partial charge in [-0.25, -0.2) is 0 Å². The highest BCUT2D eigenvalue weighted by Gasteiger charge is 2.39. The molecule has 2 aliphatic rings. The minimum absolute atomic E-state index is 0.671. The van der Waals surface area contributed by atoms with Crippen molar-refractivity contribution < 1.29 is 0 Å². The van der Waals surface area contributed by atoms with Crippen LogP contribution in [-0.2, 0) is 0 Å². The first-order valence-corrected chi connectivity index (χ1v) is 8.61. The van der Waals surface area contributed by atoms with Crippen molar-refractivity contribution in [1.82, 2.24) is 10.2 Å². The molecule has 0 radical (unpaired) electrons. The molecule has 1 N–H and O–H groups in total. The Balaban J connectivity index is 1.97. The Hall–Kier alpha value is -0.0800. The van der Waals surface area contributed by atoms with Crippen LogP contribution in [0.2, 0.25) is 0 Å². The lowest BCUT2D eigenvalue weighted by Gasteiger charge is -2.50. The van der Waals surface area contributed by atoms with Crippen molar-refractivity contribution in [3.05, 3.63) is 0 Å². The van der Waals surface area contributed by atoms with Gasteiger partial charge in [0.05, 0.1) is 0 Å². The summed E-state index contributed by atoms with van der Waals surface area (Å²) in [7, 11) is 0. The van der Waals surface area contributed by atoms with E-state index < -0.39 is 0 Å². The number of hydrogen-bond acceptors (Lipinski definition) is 2. The van der Waals surface area contributed by atoms with Crippen LogP contribution in [0.15, 0.2) is 0 Å². The molecule has 2 heteroatoms. The van der Waals surface area contributed by atoms with Gasteiger partial charge < -0.3 is 5.32 Å². The molecule has 0 aromatic heterocycles. The van der Waals surface area contributed by atoms with Crippen molar-refractivity contribution >= 4 is 0 Å². The molecule has 0 amide bonds. The second-order valence-electron chi connectivity index (χ2n) is 7.10. The Morgan fingerprint density at radius 3 is 2.47 bits per heavy atom. The monoisotopic (exact) mass is 266 g/mol. The van der Waals surface area contributed by atoms with E-state index in [2.05, 4.69) is 37.9 Å². The normalized spacial score (nSPS) is 32.8. The summed E-state index contributed by atoms with van der Waals surface area (Å²) in [6.45, 7) is 13.3. The first kappa shape index (κ1) is 15.3. The molecule has 1 saturated carbocycles. The highest BCUT2D eigenvalue weighted by Crippen LogP contribution is 2.45. The highest BCUT2D eigenvalue weighted by atomic mass is 15.2. The van der Waals surface area contributed by atoms with Crippen molar-refractivity contribution in [3.63, 3.8) is 0 Å². The van der Waals surface area contributed by atoms with Gasteiger partial charge in [-0.3, -0.25) is 4.90 Å². The van der Waals surface area contributed by atoms with Gasteiger partial charge in [0.15, 0.2) is 0 Å². The fourth-order valence-corrected chi connectivity index (χ4v) is 3.88. The minimum atomic E-state index is 0.671.